The highest BCUT2D eigenvalue weighted by molar-refractivity contribution is 6.30. The van der Waals surface area contributed by atoms with Crippen LogP contribution in [0.4, 0.5) is 10.2 Å². The fraction of sp³-hybridized carbons (Fsp3) is 0.643. The van der Waals surface area contributed by atoms with Crippen LogP contribution < -0.4 is 4.90 Å². The molecule has 2 aliphatic rings. The number of halogens is 2. The molecule has 4 heteroatoms. The van der Waals surface area contributed by atoms with Gasteiger partial charge in [0.05, 0.1) is 11.2 Å². The summed E-state index contributed by atoms with van der Waals surface area (Å²) >= 11 is 5.80. The summed E-state index contributed by atoms with van der Waals surface area (Å²) in [6, 6.07) is 1.63. The number of nitrogens with zero attached hydrogens (tertiary/aromatic N) is 2. The molecule has 0 radical (unpaired) electrons. The Morgan fingerprint density at radius 2 is 1.94 bits per heavy atom. The van der Waals surface area contributed by atoms with Crippen LogP contribution in [0.25, 0.3) is 0 Å². The van der Waals surface area contributed by atoms with Crippen molar-refractivity contribution in [2.45, 2.75) is 20.8 Å². The van der Waals surface area contributed by atoms with Crippen molar-refractivity contribution >= 4 is 17.4 Å². The highest BCUT2D eigenvalue weighted by atomic mass is 35.5. The summed E-state index contributed by atoms with van der Waals surface area (Å²) in [6.45, 7) is 9.00. The van der Waals surface area contributed by atoms with Crippen molar-refractivity contribution in [3.63, 3.8) is 0 Å². The number of anilines is 1. The minimum atomic E-state index is -0.447. The van der Waals surface area contributed by atoms with Gasteiger partial charge in [0, 0.05) is 19.2 Å². The molecule has 1 saturated carbocycles. The van der Waals surface area contributed by atoms with Crippen LogP contribution >= 0.6 is 11.6 Å². The Kier molecular flexibility index (Phi) is 2.60. The standard InChI is InChI=1S/C14H18ClFN2/c1-14(2,3)13-8-6-18(7-9(8)13)12-4-10(15)11(16)5-17-12/h4-5,8-9,13H,6-7H2,1-3H3. The molecule has 18 heavy (non-hydrogen) atoms. The maximum Gasteiger partial charge on any atom is 0.160 e. The van der Waals surface area contributed by atoms with Gasteiger partial charge < -0.3 is 4.90 Å². The summed E-state index contributed by atoms with van der Waals surface area (Å²) in [7, 11) is 0. The lowest BCUT2D eigenvalue weighted by Crippen LogP contribution is -2.28. The zero-order chi connectivity index (χ0) is 13.1. The first-order valence-corrected chi connectivity index (χ1v) is 6.81. The van der Waals surface area contributed by atoms with Gasteiger partial charge >= 0.3 is 0 Å². The molecule has 2 atom stereocenters. The predicted molar refractivity (Wildman–Crippen MR) is 71.3 cm³/mol. The molecule has 1 aromatic heterocycles. The Bertz CT molecular complexity index is 471. The Balaban J connectivity index is 1.71. The second-order valence-corrected chi connectivity index (χ2v) is 6.99. The van der Waals surface area contributed by atoms with E-state index >= 15 is 0 Å². The molecule has 1 aromatic rings. The average molecular weight is 269 g/mol. The second kappa shape index (κ2) is 3.83. The van der Waals surface area contributed by atoms with E-state index in [9.17, 15) is 4.39 Å². The van der Waals surface area contributed by atoms with E-state index in [2.05, 4.69) is 30.7 Å². The number of aromatic nitrogens is 1. The van der Waals surface area contributed by atoms with Gasteiger partial charge in [0.1, 0.15) is 5.82 Å². The first-order chi connectivity index (χ1) is 8.38. The number of rotatable bonds is 1. The Morgan fingerprint density at radius 1 is 1.33 bits per heavy atom. The van der Waals surface area contributed by atoms with Crippen LogP contribution in [0.5, 0.6) is 0 Å². The van der Waals surface area contributed by atoms with E-state index in [1.54, 1.807) is 6.07 Å². The van der Waals surface area contributed by atoms with Gasteiger partial charge in [-0.3, -0.25) is 0 Å². The number of fused-ring (bicyclic) bond motifs is 1. The molecule has 0 amide bonds. The molecule has 98 valence electrons. The summed E-state index contributed by atoms with van der Waals surface area (Å²) < 4.78 is 13.1. The summed E-state index contributed by atoms with van der Waals surface area (Å²) in [5.41, 5.74) is 0.398. The van der Waals surface area contributed by atoms with Gasteiger partial charge in [-0.2, -0.15) is 0 Å². The molecule has 0 spiro atoms. The molecule has 1 saturated heterocycles. The van der Waals surface area contributed by atoms with Crippen LogP contribution in [0.1, 0.15) is 20.8 Å². The summed E-state index contributed by atoms with van der Waals surface area (Å²) in [4.78, 5) is 6.35. The van der Waals surface area contributed by atoms with Crippen LogP contribution in [0.15, 0.2) is 12.3 Å². The van der Waals surface area contributed by atoms with Crippen LogP contribution in [0.3, 0.4) is 0 Å². The SMILES string of the molecule is CC(C)(C)C1C2CN(c3cc(Cl)c(F)cn3)CC21. The number of hydrogen-bond acceptors (Lipinski definition) is 2. The largest absolute Gasteiger partial charge is 0.356 e. The normalized spacial score (nSPS) is 30.5. The van der Waals surface area contributed by atoms with Gasteiger partial charge in [-0.25, -0.2) is 9.37 Å². The third kappa shape index (κ3) is 1.89. The van der Waals surface area contributed by atoms with Crippen molar-refractivity contribution in [2.24, 2.45) is 23.2 Å². The Morgan fingerprint density at radius 3 is 2.44 bits per heavy atom. The zero-order valence-electron chi connectivity index (χ0n) is 11.0. The fourth-order valence-corrected chi connectivity index (χ4v) is 3.72. The van der Waals surface area contributed by atoms with Gasteiger partial charge in [0.15, 0.2) is 5.82 Å². The molecule has 3 rings (SSSR count). The van der Waals surface area contributed by atoms with Gasteiger partial charge in [0.2, 0.25) is 0 Å². The molecule has 2 nitrogen and oxygen atoms in total. The highest BCUT2D eigenvalue weighted by Gasteiger charge is 2.59. The lowest BCUT2D eigenvalue weighted by molar-refractivity contribution is 0.309. The van der Waals surface area contributed by atoms with E-state index in [1.165, 1.54) is 6.20 Å². The van der Waals surface area contributed by atoms with Gasteiger partial charge in [-0.1, -0.05) is 32.4 Å². The predicted octanol–water partition coefficient (Wildman–Crippen LogP) is 3.60. The molecular weight excluding hydrogens is 251 g/mol. The monoisotopic (exact) mass is 268 g/mol. The molecule has 1 aliphatic heterocycles. The third-order valence-corrected chi connectivity index (χ3v) is 4.60. The molecular formula is C14H18ClFN2. The van der Waals surface area contributed by atoms with E-state index in [0.717, 1.165) is 36.7 Å². The number of pyridine rings is 1. The van der Waals surface area contributed by atoms with E-state index in [4.69, 9.17) is 11.6 Å². The minimum absolute atomic E-state index is 0.160. The van der Waals surface area contributed by atoms with Crippen molar-refractivity contribution in [2.75, 3.05) is 18.0 Å². The maximum atomic E-state index is 13.1. The van der Waals surface area contributed by atoms with Crippen molar-refractivity contribution < 1.29 is 4.39 Å². The van der Waals surface area contributed by atoms with Gasteiger partial charge in [-0.05, 0) is 23.2 Å². The molecule has 0 aromatic carbocycles. The van der Waals surface area contributed by atoms with Gasteiger partial charge in [0.25, 0.3) is 0 Å². The molecule has 0 bridgehead atoms. The molecule has 2 unspecified atom stereocenters. The van der Waals surface area contributed by atoms with E-state index in [-0.39, 0.29) is 5.02 Å². The topological polar surface area (TPSA) is 16.1 Å². The van der Waals surface area contributed by atoms with Crippen LogP contribution in [-0.4, -0.2) is 18.1 Å². The molecule has 1 aliphatic carbocycles. The lowest BCUT2D eigenvalue weighted by atomic mass is 9.87. The van der Waals surface area contributed by atoms with Crippen LogP contribution in [0.2, 0.25) is 5.02 Å². The average Bonchev–Trinajstić information content (AvgIpc) is 2.81. The summed E-state index contributed by atoms with van der Waals surface area (Å²) in [6.07, 6.45) is 1.21. The van der Waals surface area contributed by atoms with Gasteiger partial charge in [-0.15, -0.1) is 0 Å². The number of piperidine rings is 1. The smallest absolute Gasteiger partial charge is 0.160 e. The second-order valence-electron chi connectivity index (χ2n) is 6.58. The molecule has 2 fully saturated rings. The Labute approximate surface area is 112 Å². The summed E-state index contributed by atoms with van der Waals surface area (Å²) in [5.74, 6) is 2.73. The van der Waals surface area contributed by atoms with E-state index in [1.807, 2.05) is 0 Å². The van der Waals surface area contributed by atoms with Crippen LogP contribution in [0, 0.1) is 29.0 Å². The zero-order valence-corrected chi connectivity index (χ0v) is 11.7. The van der Waals surface area contributed by atoms with Crippen LogP contribution in [-0.2, 0) is 0 Å². The first kappa shape index (κ1) is 12.2. The number of hydrogen-bond donors (Lipinski definition) is 0. The van der Waals surface area contributed by atoms with Crippen molar-refractivity contribution in [1.29, 1.82) is 0 Å². The van der Waals surface area contributed by atoms with Crippen molar-refractivity contribution in [3.8, 4) is 0 Å². The van der Waals surface area contributed by atoms with E-state index < -0.39 is 5.82 Å². The Hall–Kier alpha value is -0.830. The van der Waals surface area contributed by atoms with Crippen molar-refractivity contribution in [3.05, 3.63) is 23.1 Å². The molecule has 0 N–H and O–H groups in total. The summed E-state index contributed by atoms with van der Waals surface area (Å²) in [5, 5.41) is 0.160. The minimum Gasteiger partial charge on any atom is -0.356 e. The third-order valence-electron chi connectivity index (χ3n) is 4.31. The lowest BCUT2D eigenvalue weighted by Gasteiger charge is -2.26. The quantitative estimate of drug-likeness (QED) is 0.774. The van der Waals surface area contributed by atoms with Crippen molar-refractivity contribution in [1.82, 2.24) is 4.98 Å². The maximum absolute atomic E-state index is 13.1. The fourth-order valence-electron chi connectivity index (χ4n) is 3.57. The first-order valence-electron chi connectivity index (χ1n) is 6.44. The molecule has 2 heterocycles. The highest BCUT2D eigenvalue weighted by Crippen LogP contribution is 2.60. The van der Waals surface area contributed by atoms with E-state index in [0.29, 0.717) is 5.41 Å².